The molecule has 0 spiro atoms. The molecular weight excluding hydrogens is 370 g/mol. The first-order valence-corrected chi connectivity index (χ1v) is 9.59. The number of rotatable bonds is 5. The van der Waals surface area contributed by atoms with Gasteiger partial charge in [0, 0.05) is 24.2 Å². The second-order valence-corrected chi connectivity index (χ2v) is 7.01. The number of carbonyl (C=O) groups excluding carboxylic acids is 1. The van der Waals surface area contributed by atoms with Crippen molar-refractivity contribution >= 4 is 5.91 Å². The highest BCUT2D eigenvalue weighted by molar-refractivity contribution is 5.94. The van der Waals surface area contributed by atoms with Crippen LogP contribution in [0.4, 0.5) is 0 Å². The molecule has 4 rings (SSSR count). The maximum absolute atomic E-state index is 12.9. The van der Waals surface area contributed by atoms with Crippen molar-refractivity contribution in [2.75, 3.05) is 27.3 Å². The lowest BCUT2D eigenvalue weighted by atomic mass is 9.97. The molecule has 1 saturated heterocycles. The summed E-state index contributed by atoms with van der Waals surface area (Å²) in [6, 6.07) is 14.8. The Balaban J connectivity index is 1.50. The molecule has 1 aliphatic heterocycles. The highest BCUT2D eigenvalue weighted by atomic mass is 16.5. The number of ether oxygens (including phenoxy) is 2. The Kier molecular flexibility index (Phi) is 5.46. The zero-order valence-electron chi connectivity index (χ0n) is 16.5. The molecule has 0 saturated carbocycles. The van der Waals surface area contributed by atoms with E-state index in [1.54, 1.807) is 20.3 Å². The largest absolute Gasteiger partial charge is 0.497 e. The van der Waals surface area contributed by atoms with E-state index < -0.39 is 0 Å². The van der Waals surface area contributed by atoms with Crippen molar-refractivity contribution in [3.05, 3.63) is 60.0 Å². The van der Waals surface area contributed by atoms with Crippen LogP contribution in [0.25, 0.3) is 11.4 Å². The van der Waals surface area contributed by atoms with Crippen LogP contribution >= 0.6 is 0 Å². The van der Waals surface area contributed by atoms with Crippen LogP contribution in [0.5, 0.6) is 11.5 Å². The van der Waals surface area contributed by atoms with E-state index in [9.17, 15) is 4.79 Å². The summed E-state index contributed by atoms with van der Waals surface area (Å²) < 4.78 is 16.0. The van der Waals surface area contributed by atoms with E-state index in [2.05, 4.69) is 10.1 Å². The Morgan fingerprint density at radius 2 is 1.86 bits per heavy atom. The van der Waals surface area contributed by atoms with Gasteiger partial charge in [0.2, 0.25) is 11.7 Å². The first-order valence-electron chi connectivity index (χ1n) is 9.59. The van der Waals surface area contributed by atoms with Crippen LogP contribution in [0.3, 0.4) is 0 Å². The third-order valence-corrected chi connectivity index (χ3v) is 5.14. The molecule has 1 atom stereocenters. The summed E-state index contributed by atoms with van der Waals surface area (Å²) in [4.78, 5) is 19.4. The van der Waals surface area contributed by atoms with Crippen molar-refractivity contribution in [1.29, 1.82) is 0 Å². The summed E-state index contributed by atoms with van der Waals surface area (Å²) in [6.45, 7) is 1.26. The number of likely N-dealkylation sites (tertiary alicyclic amines) is 1. The van der Waals surface area contributed by atoms with Crippen molar-refractivity contribution in [2.24, 2.45) is 0 Å². The Labute approximate surface area is 169 Å². The molecule has 1 amide bonds. The molecule has 2 aromatic carbocycles. The third-order valence-electron chi connectivity index (χ3n) is 5.14. The van der Waals surface area contributed by atoms with Crippen LogP contribution in [-0.2, 0) is 0 Å². The van der Waals surface area contributed by atoms with Gasteiger partial charge in [-0.3, -0.25) is 4.79 Å². The molecular formula is C22H23N3O4. The van der Waals surface area contributed by atoms with Gasteiger partial charge in [-0.2, -0.15) is 4.98 Å². The summed E-state index contributed by atoms with van der Waals surface area (Å²) in [5, 5.41) is 4.13. The molecule has 0 N–H and O–H groups in total. The lowest BCUT2D eigenvalue weighted by Crippen LogP contribution is -2.39. The highest BCUT2D eigenvalue weighted by Gasteiger charge is 2.29. The quantitative estimate of drug-likeness (QED) is 0.657. The first kappa shape index (κ1) is 19.0. The van der Waals surface area contributed by atoms with Crippen LogP contribution in [0.1, 0.15) is 35.0 Å². The summed E-state index contributed by atoms with van der Waals surface area (Å²) in [5.74, 6) is 2.50. The van der Waals surface area contributed by atoms with Gasteiger partial charge >= 0.3 is 0 Å². The average Bonchev–Trinajstić information content (AvgIpc) is 3.29. The van der Waals surface area contributed by atoms with Crippen LogP contribution < -0.4 is 9.47 Å². The van der Waals surface area contributed by atoms with Crippen molar-refractivity contribution < 1.29 is 18.8 Å². The maximum Gasteiger partial charge on any atom is 0.254 e. The van der Waals surface area contributed by atoms with Gasteiger partial charge in [-0.1, -0.05) is 23.4 Å². The SMILES string of the molecule is COc1cccc(C(=O)N2CCC[C@H](c3nc(-c4cccc(OC)c4)no3)C2)c1. The Hall–Kier alpha value is -3.35. The summed E-state index contributed by atoms with van der Waals surface area (Å²) in [5.41, 5.74) is 1.45. The zero-order chi connectivity index (χ0) is 20.2. The Bertz CT molecular complexity index is 1000. The normalized spacial score (nSPS) is 16.5. The third kappa shape index (κ3) is 4.08. The number of benzene rings is 2. The molecule has 0 bridgehead atoms. The molecule has 150 valence electrons. The van der Waals surface area contributed by atoms with E-state index in [4.69, 9.17) is 14.0 Å². The summed E-state index contributed by atoms with van der Waals surface area (Å²) in [6.07, 6.45) is 1.79. The van der Waals surface area contributed by atoms with Gasteiger partial charge < -0.3 is 18.9 Å². The molecule has 7 heteroatoms. The van der Waals surface area contributed by atoms with Crippen LogP contribution in [0.2, 0.25) is 0 Å². The predicted molar refractivity (Wildman–Crippen MR) is 107 cm³/mol. The highest BCUT2D eigenvalue weighted by Crippen LogP contribution is 2.29. The fourth-order valence-electron chi connectivity index (χ4n) is 3.58. The molecule has 29 heavy (non-hydrogen) atoms. The lowest BCUT2D eigenvalue weighted by Gasteiger charge is -2.31. The van der Waals surface area contributed by atoms with Gasteiger partial charge in [0.05, 0.1) is 20.1 Å². The minimum absolute atomic E-state index is 0.0128. The lowest BCUT2D eigenvalue weighted by molar-refractivity contribution is 0.0695. The molecule has 1 aliphatic rings. The van der Waals surface area contributed by atoms with Gasteiger partial charge in [0.25, 0.3) is 5.91 Å². The van der Waals surface area contributed by atoms with E-state index in [1.165, 1.54) is 0 Å². The average molecular weight is 393 g/mol. The zero-order valence-corrected chi connectivity index (χ0v) is 16.5. The van der Waals surface area contributed by atoms with Crippen molar-refractivity contribution in [3.8, 4) is 22.9 Å². The van der Waals surface area contributed by atoms with Gasteiger partial charge in [-0.25, -0.2) is 0 Å². The van der Waals surface area contributed by atoms with E-state index in [-0.39, 0.29) is 11.8 Å². The number of hydrogen-bond donors (Lipinski definition) is 0. The monoisotopic (exact) mass is 393 g/mol. The van der Waals surface area contributed by atoms with Gasteiger partial charge in [0.1, 0.15) is 11.5 Å². The van der Waals surface area contributed by atoms with Crippen molar-refractivity contribution in [1.82, 2.24) is 15.0 Å². The number of aromatic nitrogens is 2. The molecule has 1 aromatic heterocycles. The van der Waals surface area contributed by atoms with Gasteiger partial charge in [0.15, 0.2) is 0 Å². The van der Waals surface area contributed by atoms with Crippen LogP contribution in [0, 0.1) is 0 Å². The van der Waals surface area contributed by atoms with Gasteiger partial charge in [-0.15, -0.1) is 0 Å². The van der Waals surface area contributed by atoms with E-state index >= 15 is 0 Å². The molecule has 2 heterocycles. The smallest absolute Gasteiger partial charge is 0.254 e. The molecule has 3 aromatic rings. The van der Waals surface area contributed by atoms with Crippen LogP contribution in [0.15, 0.2) is 53.1 Å². The predicted octanol–water partition coefficient (Wildman–Crippen LogP) is 3.77. The standard InChI is InChI=1S/C22H23N3O4/c1-27-18-9-3-6-15(12-18)20-23-21(29-24-20)17-8-5-11-25(14-17)22(26)16-7-4-10-19(13-16)28-2/h3-4,6-7,9-10,12-13,17H,5,8,11,14H2,1-2H3/t17-/m0/s1. The minimum Gasteiger partial charge on any atom is -0.497 e. The Morgan fingerprint density at radius 3 is 2.66 bits per heavy atom. The van der Waals surface area contributed by atoms with Crippen molar-refractivity contribution in [2.45, 2.75) is 18.8 Å². The van der Waals surface area contributed by atoms with Crippen molar-refractivity contribution in [3.63, 3.8) is 0 Å². The fourth-order valence-corrected chi connectivity index (χ4v) is 3.58. The molecule has 0 aliphatic carbocycles. The van der Waals surface area contributed by atoms with E-state index in [0.717, 1.165) is 24.2 Å². The first-order chi connectivity index (χ1) is 14.2. The van der Waals surface area contributed by atoms with Gasteiger partial charge in [-0.05, 0) is 43.2 Å². The van der Waals surface area contributed by atoms with E-state index in [0.29, 0.717) is 36.1 Å². The summed E-state index contributed by atoms with van der Waals surface area (Å²) >= 11 is 0. The number of nitrogens with zero attached hydrogens (tertiary/aromatic N) is 3. The topological polar surface area (TPSA) is 77.7 Å². The van der Waals surface area contributed by atoms with E-state index in [1.807, 2.05) is 47.4 Å². The number of amides is 1. The van der Waals surface area contributed by atoms with Crippen LogP contribution in [-0.4, -0.2) is 48.3 Å². The fraction of sp³-hybridized carbons (Fsp3) is 0.318. The molecule has 7 nitrogen and oxygen atoms in total. The second kappa shape index (κ2) is 8.34. The number of hydrogen-bond acceptors (Lipinski definition) is 6. The number of methoxy groups -OCH3 is 2. The second-order valence-electron chi connectivity index (χ2n) is 7.01. The molecule has 0 radical (unpaired) electrons. The summed E-state index contributed by atoms with van der Waals surface area (Å²) in [7, 11) is 3.21. The molecule has 1 fully saturated rings. The Morgan fingerprint density at radius 1 is 1.10 bits per heavy atom. The maximum atomic E-state index is 12.9. The minimum atomic E-state index is -0.0128. The number of piperidine rings is 1. The number of carbonyl (C=O) groups is 1. The molecule has 0 unspecified atom stereocenters.